The first kappa shape index (κ1) is 13.9. The highest BCUT2D eigenvalue weighted by atomic mass is 32.1. The highest BCUT2D eigenvalue weighted by Gasteiger charge is 2.24. The minimum Gasteiger partial charge on any atom is -0.395 e. The molecule has 1 aliphatic rings. The molecule has 5 heteroatoms. The average Bonchev–Trinajstić information content (AvgIpc) is 3.09. The second-order valence-electron chi connectivity index (χ2n) is 4.66. The van der Waals surface area contributed by atoms with Gasteiger partial charge >= 0.3 is 6.03 Å². The van der Waals surface area contributed by atoms with Crippen LogP contribution in [0.15, 0.2) is 11.4 Å². The molecule has 0 atom stereocenters. The number of urea groups is 1. The third-order valence-corrected chi connectivity index (χ3v) is 3.69. The first-order valence-corrected chi connectivity index (χ1v) is 7.26. The molecular weight excluding hydrogens is 260 g/mol. The van der Waals surface area contributed by atoms with Gasteiger partial charge in [-0.1, -0.05) is 11.8 Å². The topological polar surface area (TPSA) is 52.6 Å². The minimum absolute atomic E-state index is 0.0104. The van der Waals surface area contributed by atoms with Crippen LogP contribution < -0.4 is 5.32 Å². The van der Waals surface area contributed by atoms with E-state index in [9.17, 15) is 4.79 Å². The summed E-state index contributed by atoms with van der Waals surface area (Å²) in [4.78, 5) is 14.6. The molecular formula is C14H18N2O2S. The molecule has 2 amide bonds. The Kier molecular flexibility index (Phi) is 4.83. The van der Waals surface area contributed by atoms with Crippen molar-refractivity contribution < 1.29 is 9.90 Å². The van der Waals surface area contributed by atoms with Crippen molar-refractivity contribution in [2.24, 2.45) is 0 Å². The lowest BCUT2D eigenvalue weighted by Crippen LogP contribution is -2.37. The number of hydrogen-bond donors (Lipinski definition) is 2. The number of nitrogens with one attached hydrogen (secondary N) is 1. The molecule has 0 unspecified atom stereocenters. The summed E-state index contributed by atoms with van der Waals surface area (Å²) in [7, 11) is 1.80. The van der Waals surface area contributed by atoms with Crippen LogP contribution in [-0.4, -0.2) is 35.7 Å². The highest BCUT2D eigenvalue weighted by Crippen LogP contribution is 2.20. The lowest BCUT2D eigenvalue weighted by Gasteiger charge is -2.16. The van der Waals surface area contributed by atoms with E-state index < -0.39 is 0 Å². The van der Waals surface area contributed by atoms with Gasteiger partial charge in [0, 0.05) is 35.3 Å². The Morgan fingerprint density at radius 2 is 2.42 bits per heavy atom. The molecule has 1 saturated carbocycles. The van der Waals surface area contributed by atoms with Gasteiger partial charge < -0.3 is 15.3 Å². The van der Waals surface area contributed by atoms with E-state index in [2.05, 4.69) is 17.2 Å². The number of nitrogens with zero attached hydrogens (tertiary/aromatic N) is 1. The monoisotopic (exact) mass is 278 g/mol. The van der Waals surface area contributed by atoms with Crippen LogP contribution in [0.1, 0.15) is 29.7 Å². The lowest BCUT2D eigenvalue weighted by molar-refractivity contribution is 0.207. The quantitative estimate of drug-likeness (QED) is 0.825. The zero-order valence-corrected chi connectivity index (χ0v) is 11.8. The number of amides is 2. The smallest absolute Gasteiger partial charge is 0.317 e. The molecule has 19 heavy (non-hydrogen) atoms. The maximum absolute atomic E-state index is 11.8. The number of thiophene rings is 1. The summed E-state index contributed by atoms with van der Waals surface area (Å²) in [5.74, 6) is 5.88. The van der Waals surface area contributed by atoms with Gasteiger partial charge in [0.2, 0.25) is 0 Å². The van der Waals surface area contributed by atoms with E-state index in [4.69, 9.17) is 5.11 Å². The predicted octanol–water partition coefficient (Wildman–Crippen LogP) is 1.79. The molecule has 0 bridgehead atoms. The molecule has 102 valence electrons. The number of carbonyl (C=O) groups is 1. The Labute approximate surface area is 117 Å². The fourth-order valence-corrected chi connectivity index (χ4v) is 2.44. The van der Waals surface area contributed by atoms with Gasteiger partial charge in [-0.25, -0.2) is 4.79 Å². The Morgan fingerprint density at radius 1 is 1.63 bits per heavy atom. The zero-order valence-electron chi connectivity index (χ0n) is 11.0. The highest BCUT2D eigenvalue weighted by molar-refractivity contribution is 7.10. The van der Waals surface area contributed by atoms with Crippen LogP contribution in [0, 0.1) is 11.8 Å². The van der Waals surface area contributed by atoms with E-state index in [0.29, 0.717) is 19.0 Å². The third kappa shape index (κ3) is 4.58. The summed E-state index contributed by atoms with van der Waals surface area (Å²) in [6, 6.07) is 2.37. The maximum atomic E-state index is 11.8. The first-order chi connectivity index (χ1) is 9.19. The largest absolute Gasteiger partial charge is 0.395 e. The molecule has 1 aromatic rings. The Balaban J connectivity index is 1.84. The molecule has 4 nitrogen and oxygen atoms in total. The van der Waals surface area contributed by atoms with Crippen molar-refractivity contribution in [3.05, 3.63) is 21.9 Å². The second-order valence-corrected chi connectivity index (χ2v) is 5.65. The van der Waals surface area contributed by atoms with E-state index >= 15 is 0 Å². The van der Waals surface area contributed by atoms with E-state index in [0.717, 1.165) is 23.3 Å². The van der Waals surface area contributed by atoms with E-state index in [1.165, 1.54) is 0 Å². The van der Waals surface area contributed by atoms with E-state index in [1.54, 1.807) is 23.3 Å². The average molecular weight is 278 g/mol. The van der Waals surface area contributed by atoms with Gasteiger partial charge in [-0.2, -0.15) is 0 Å². The van der Waals surface area contributed by atoms with Crippen LogP contribution in [0.5, 0.6) is 0 Å². The summed E-state index contributed by atoms with van der Waals surface area (Å²) in [5.41, 5.74) is 0.949. The fraction of sp³-hybridized carbons (Fsp3) is 0.500. The van der Waals surface area contributed by atoms with Crippen molar-refractivity contribution in [1.82, 2.24) is 10.2 Å². The molecule has 1 fully saturated rings. The normalized spacial score (nSPS) is 13.6. The molecule has 0 aliphatic heterocycles. The second kappa shape index (κ2) is 6.60. The Hall–Kier alpha value is -1.51. The Morgan fingerprint density at radius 3 is 3.11 bits per heavy atom. The van der Waals surface area contributed by atoms with Gasteiger partial charge in [-0.05, 0) is 18.9 Å². The summed E-state index contributed by atoms with van der Waals surface area (Å²) in [5, 5.41) is 13.6. The van der Waals surface area contributed by atoms with Gasteiger partial charge in [-0.15, -0.1) is 11.3 Å². The van der Waals surface area contributed by atoms with Crippen molar-refractivity contribution in [2.45, 2.75) is 31.8 Å². The summed E-state index contributed by atoms with van der Waals surface area (Å²) in [6.07, 6.45) is 2.70. The standard InChI is InChI=1S/C14H18N2O2S/c1-16(14(18)15-12-5-6-12)9-13-8-11(10-19-13)4-2-3-7-17/h8,10,12,17H,3,5-7,9H2,1H3,(H,15,18). The number of aliphatic hydroxyl groups excluding tert-OH is 1. The molecule has 0 aromatic carbocycles. The molecule has 1 aliphatic carbocycles. The van der Waals surface area contributed by atoms with Crippen molar-refractivity contribution >= 4 is 17.4 Å². The van der Waals surface area contributed by atoms with Crippen molar-refractivity contribution in [2.75, 3.05) is 13.7 Å². The third-order valence-electron chi connectivity index (χ3n) is 2.77. The molecule has 0 spiro atoms. The number of hydrogen-bond acceptors (Lipinski definition) is 3. The van der Waals surface area contributed by atoms with Crippen molar-refractivity contribution in [3.8, 4) is 11.8 Å². The van der Waals surface area contributed by atoms with E-state index in [1.807, 2.05) is 11.4 Å². The molecule has 0 saturated heterocycles. The van der Waals surface area contributed by atoms with Gasteiger partial charge in [-0.3, -0.25) is 0 Å². The predicted molar refractivity (Wildman–Crippen MR) is 75.9 cm³/mol. The van der Waals surface area contributed by atoms with Gasteiger partial charge in [0.1, 0.15) is 0 Å². The van der Waals surface area contributed by atoms with Crippen LogP contribution in [0.2, 0.25) is 0 Å². The fourth-order valence-electron chi connectivity index (χ4n) is 1.57. The summed E-state index contributed by atoms with van der Waals surface area (Å²) >= 11 is 1.60. The van der Waals surface area contributed by atoms with Crippen LogP contribution in [0.25, 0.3) is 0 Å². The minimum atomic E-state index is -0.0104. The van der Waals surface area contributed by atoms with Gasteiger partial charge in [0.25, 0.3) is 0 Å². The molecule has 1 aromatic heterocycles. The van der Waals surface area contributed by atoms with Gasteiger partial charge in [0.05, 0.1) is 13.2 Å². The Bertz CT molecular complexity index is 497. The molecule has 0 radical (unpaired) electrons. The van der Waals surface area contributed by atoms with Crippen LogP contribution in [0.4, 0.5) is 4.79 Å². The maximum Gasteiger partial charge on any atom is 0.317 e. The lowest BCUT2D eigenvalue weighted by atomic mass is 10.3. The SMILES string of the molecule is CN(Cc1cc(C#CCCO)cs1)C(=O)NC1CC1. The molecule has 2 rings (SSSR count). The summed E-state index contributed by atoms with van der Waals surface area (Å²) < 4.78 is 0. The number of carbonyl (C=O) groups excluding carboxylic acids is 1. The molecule has 2 N–H and O–H groups in total. The van der Waals surface area contributed by atoms with Crippen molar-refractivity contribution in [1.29, 1.82) is 0 Å². The van der Waals surface area contributed by atoms with E-state index in [-0.39, 0.29) is 12.6 Å². The first-order valence-electron chi connectivity index (χ1n) is 6.38. The van der Waals surface area contributed by atoms with Crippen LogP contribution in [-0.2, 0) is 6.54 Å². The van der Waals surface area contributed by atoms with Gasteiger partial charge in [0.15, 0.2) is 0 Å². The number of rotatable bonds is 4. The number of aliphatic hydroxyl groups is 1. The van der Waals surface area contributed by atoms with Crippen LogP contribution in [0.3, 0.4) is 0 Å². The van der Waals surface area contributed by atoms with Crippen LogP contribution >= 0.6 is 11.3 Å². The van der Waals surface area contributed by atoms with Crippen molar-refractivity contribution in [3.63, 3.8) is 0 Å². The zero-order chi connectivity index (χ0) is 13.7. The molecule has 1 heterocycles. The summed E-state index contributed by atoms with van der Waals surface area (Å²) in [6.45, 7) is 0.693.